The Hall–Kier alpha value is -1.53. The molecule has 3 heterocycles. The van der Waals surface area contributed by atoms with Crippen LogP contribution in [0.15, 0.2) is 12.7 Å². The molecule has 1 saturated heterocycles. The lowest BCUT2D eigenvalue weighted by Crippen LogP contribution is -2.31. The van der Waals surface area contributed by atoms with Crippen LogP contribution in [0, 0.1) is 6.92 Å². The minimum Gasteiger partial charge on any atom is -0.353 e. The third-order valence-corrected chi connectivity index (χ3v) is 3.44. The zero-order valence-electron chi connectivity index (χ0n) is 10.4. The molecular formula is C12H17N5O. The highest BCUT2D eigenvalue weighted by molar-refractivity contribution is 5.72. The van der Waals surface area contributed by atoms with E-state index in [1.54, 1.807) is 12.7 Å². The van der Waals surface area contributed by atoms with Crippen molar-refractivity contribution in [1.82, 2.24) is 19.5 Å². The van der Waals surface area contributed by atoms with Gasteiger partial charge in [-0.1, -0.05) is 0 Å². The number of rotatable bonds is 2. The van der Waals surface area contributed by atoms with Crippen molar-refractivity contribution in [3.63, 3.8) is 0 Å². The fourth-order valence-electron chi connectivity index (χ4n) is 2.44. The van der Waals surface area contributed by atoms with Crippen molar-refractivity contribution >= 4 is 11.2 Å². The number of aryl methyl sites for hydroxylation is 1. The molecule has 0 amide bonds. The first kappa shape index (κ1) is 11.6. The number of nitrogens with zero attached hydrogens (tertiary/aromatic N) is 4. The first-order valence-corrected chi connectivity index (χ1v) is 6.29. The van der Waals surface area contributed by atoms with Gasteiger partial charge in [0, 0.05) is 6.54 Å². The van der Waals surface area contributed by atoms with Crippen LogP contribution in [0.2, 0.25) is 0 Å². The van der Waals surface area contributed by atoms with Crippen molar-refractivity contribution in [1.29, 1.82) is 0 Å². The minimum atomic E-state index is -0.00778. The van der Waals surface area contributed by atoms with Gasteiger partial charge in [-0.05, 0) is 26.2 Å². The maximum atomic E-state index is 5.97. The van der Waals surface area contributed by atoms with Crippen molar-refractivity contribution < 1.29 is 4.74 Å². The molecule has 0 aromatic carbocycles. The van der Waals surface area contributed by atoms with E-state index in [2.05, 4.69) is 15.0 Å². The van der Waals surface area contributed by atoms with Gasteiger partial charge in [0.25, 0.3) is 0 Å². The number of aromatic nitrogens is 4. The van der Waals surface area contributed by atoms with Crippen molar-refractivity contribution in [2.75, 3.05) is 6.54 Å². The summed E-state index contributed by atoms with van der Waals surface area (Å²) in [5.41, 5.74) is 8.26. The Morgan fingerprint density at radius 2 is 2.28 bits per heavy atom. The first-order chi connectivity index (χ1) is 8.79. The maximum absolute atomic E-state index is 5.97. The standard InChI is InChI=1S/C12H17N5O/c1-8-11-12(15-6-14-8)17(7-16-11)10-4-2-3-9(5-13)18-10/h6-7,9-10H,2-5,13H2,1H3. The summed E-state index contributed by atoms with van der Waals surface area (Å²) in [6, 6.07) is 0. The van der Waals surface area contributed by atoms with Crippen LogP contribution in [-0.2, 0) is 4.74 Å². The van der Waals surface area contributed by atoms with Crippen molar-refractivity contribution in [3.05, 3.63) is 18.3 Å². The number of fused-ring (bicyclic) bond motifs is 1. The monoisotopic (exact) mass is 247 g/mol. The molecule has 18 heavy (non-hydrogen) atoms. The number of imidazole rings is 1. The highest BCUT2D eigenvalue weighted by atomic mass is 16.5. The lowest BCUT2D eigenvalue weighted by molar-refractivity contribution is -0.0828. The summed E-state index contributed by atoms with van der Waals surface area (Å²) in [5, 5.41) is 0. The topological polar surface area (TPSA) is 78.9 Å². The fourth-order valence-corrected chi connectivity index (χ4v) is 2.44. The quantitative estimate of drug-likeness (QED) is 0.861. The minimum absolute atomic E-state index is 0.00778. The Kier molecular flexibility index (Phi) is 2.97. The van der Waals surface area contributed by atoms with Crippen molar-refractivity contribution in [3.8, 4) is 0 Å². The van der Waals surface area contributed by atoms with Gasteiger partial charge in [-0.3, -0.25) is 4.57 Å². The second-order valence-corrected chi connectivity index (χ2v) is 4.66. The summed E-state index contributed by atoms with van der Waals surface area (Å²) >= 11 is 0. The van der Waals surface area contributed by atoms with Crippen LogP contribution < -0.4 is 5.73 Å². The highest BCUT2D eigenvalue weighted by Crippen LogP contribution is 2.28. The van der Waals surface area contributed by atoms with Gasteiger partial charge < -0.3 is 10.5 Å². The molecule has 3 rings (SSSR count). The summed E-state index contributed by atoms with van der Waals surface area (Å²) in [6.07, 6.45) is 6.62. The molecule has 0 radical (unpaired) electrons. The molecule has 2 unspecified atom stereocenters. The average Bonchev–Trinajstić information content (AvgIpc) is 2.84. The molecule has 0 aliphatic carbocycles. The van der Waals surface area contributed by atoms with Crippen LogP contribution in [0.3, 0.4) is 0 Å². The Balaban J connectivity index is 1.96. The van der Waals surface area contributed by atoms with E-state index in [1.807, 2.05) is 11.5 Å². The van der Waals surface area contributed by atoms with E-state index in [-0.39, 0.29) is 12.3 Å². The highest BCUT2D eigenvalue weighted by Gasteiger charge is 2.24. The van der Waals surface area contributed by atoms with Gasteiger partial charge in [0.2, 0.25) is 0 Å². The normalized spacial score (nSPS) is 24.6. The van der Waals surface area contributed by atoms with Crippen molar-refractivity contribution in [2.45, 2.75) is 38.5 Å². The first-order valence-electron chi connectivity index (χ1n) is 6.29. The Labute approximate surface area is 105 Å². The van der Waals surface area contributed by atoms with Gasteiger partial charge >= 0.3 is 0 Å². The van der Waals surface area contributed by atoms with Gasteiger partial charge in [-0.25, -0.2) is 15.0 Å². The molecule has 1 aliphatic rings. The molecular weight excluding hydrogens is 230 g/mol. The van der Waals surface area contributed by atoms with Gasteiger partial charge in [-0.2, -0.15) is 0 Å². The summed E-state index contributed by atoms with van der Waals surface area (Å²) in [4.78, 5) is 12.8. The SMILES string of the molecule is Cc1ncnc2c1ncn2C1CCCC(CN)O1. The van der Waals surface area contributed by atoms with Gasteiger partial charge in [0.05, 0.1) is 18.1 Å². The van der Waals surface area contributed by atoms with E-state index in [1.165, 1.54) is 0 Å². The summed E-state index contributed by atoms with van der Waals surface area (Å²) in [7, 11) is 0. The molecule has 0 bridgehead atoms. The molecule has 0 saturated carbocycles. The number of hydrogen-bond acceptors (Lipinski definition) is 5. The van der Waals surface area contributed by atoms with E-state index < -0.39 is 0 Å². The Morgan fingerprint density at radius 1 is 1.39 bits per heavy atom. The van der Waals surface area contributed by atoms with Crippen LogP contribution in [-0.4, -0.2) is 32.2 Å². The lowest BCUT2D eigenvalue weighted by Gasteiger charge is -2.30. The summed E-state index contributed by atoms with van der Waals surface area (Å²) < 4.78 is 7.96. The predicted octanol–water partition coefficient (Wildman–Crippen LogP) is 1.16. The Bertz CT molecular complexity index is 552. The van der Waals surface area contributed by atoms with Gasteiger partial charge in [0.1, 0.15) is 18.1 Å². The Morgan fingerprint density at radius 3 is 3.11 bits per heavy atom. The van der Waals surface area contributed by atoms with E-state index >= 15 is 0 Å². The molecule has 2 N–H and O–H groups in total. The van der Waals surface area contributed by atoms with Crippen LogP contribution in [0.5, 0.6) is 0 Å². The molecule has 6 heteroatoms. The van der Waals surface area contributed by atoms with E-state index in [9.17, 15) is 0 Å². The van der Waals surface area contributed by atoms with Crippen LogP contribution in [0.25, 0.3) is 11.2 Å². The van der Waals surface area contributed by atoms with Crippen LogP contribution in [0.4, 0.5) is 0 Å². The average molecular weight is 247 g/mol. The molecule has 96 valence electrons. The molecule has 0 spiro atoms. The largest absolute Gasteiger partial charge is 0.353 e. The van der Waals surface area contributed by atoms with Gasteiger partial charge in [0.15, 0.2) is 5.65 Å². The third kappa shape index (κ3) is 1.87. The fraction of sp³-hybridized carbons (Fsp3) is 0.583. The number of hydrogen-bond donors (Lipinski definition) is 1. The number of nitrogens with two attached hydrogens (primary N) is 1. The molecule has 1 aliphatic heterocycles. The van der Waals surface area contributed by atoms with Gasteiger partial charge in [-0.15, -0.1) is 0 Å². The summed E-state index contributed by atoms with van der Waals surface area (Å²) in [6.45, 7) is 2.50. The zero-order chi connectivity index (χ0) is 12.5. The second-order valence-electron chi connectivity index (χ2n) is 4.66. The maximum Gasteiger partial charge on any atom is 0.165 e. The van der Waals surface area contributed by atoms with Crippen LogP contribution in [0.1, 0.15) is 31.2 Å². The molecule has 2 atom stereocenters. The van der Waals surface area contributed by atoms with E-state index in [4.69, 9.17) is 10.5 Å². The predicted molar refractivity (Wildman–Crippen MR) is 66.9 cm³/mol. The van der Waals surface area contributed by atoms with E-state index in [0.29, 0.717) is 6.54 Å². The molecule has 2 aromatic heterocycles. The lowest BCUT2D eigenvalue weighted by atomic mass is 10.1. The molecule has 6 nitrogen and oxygen atoms in total. The summed E-state index contributed by atoms with van der Waals surface area (Å²) in [5.74, 6) is 0. The smallest absolute Gasteiger partial charge is 0.165 e. The second kappa shape index (κ2) is 4.62. The number of ether oxygens (including phenoxy) is 1. The zero-order valence-corrected chi connectivity index (χ0v) is 10.4. The van der Waals surface area contributed by atoms with Crippen molar-refractivity contribution in [2.24, 2.45) is 5.73 Å². The van der Waals surface area contributed by atoms with E-state index in [0.717, 1.165) is 36.1 Å². The third-order valence-electron chi connectivity index (χ3n) is 3.44. The van der Waals surface area contributed by atoms with Crippen LogP contribution >= 0.6 is 0 Å². The molecule has 1 fully saturated rings. The molecule has 2 aromatic rings.